The molecule has 1 aliphatic rings. The summed E-state index contributed by atoms with van der Waals surface area (Å²) in [4.78, 5) is 11.7. The summed E-state index contributed by atoms with van der Waals surface area (Å²) in [6, 6.07) is 5.56. The van der Waals surface area contributed by atoms with Crippen LogP contribution in [0.1, 0.15) is 31.4 Å². The molecule has 0 saturated carbocycles. The third-order valence-corrected chi connectivity index (χ3v) is 5.17. The number of carbonyl (C=O) groups is 1. The largest absolute Gasteiger partial charge is 0.498 e. The van der Waals surface area contributed by atoms with Crippen molar-refractivity contribution in [2.45, 2.75) is 31.3 Å². The van der Waals surface area contributed by atoms with E-state index in [9.17, 15) is 10.1 Å². The molecule has 0 aromatic heterocycles. The number of hydrogen-bond acceptors (Lipinski definition) is 4. The number of rotatable bonds is 5. The van der Waals surface area contributed by atoms with Gasteiger partial charge in [-0.2, -0.15) is 5.26 Å². The topological polar surface area (TPSA) is 85.3 Å². The highest BCUT2D eigenvalue weighted by molar-refractivity contribution is 6.36. The van der Waals surface area contributed by atoms with Crippen LogP contribution in [0.4, 0.5) is 0 Å². The van der Waals surface area contributed by atoms with Crippen LogP contribution in [-0.4, -0.2) is 20.1 Å². The van der Waals surface area contributed by atoms with Crippen LogP contribution in [-0.2, 0) is 25.3 Å². The molecule has 0 aliphatic heterocycles. The van der Waals surface area contributed by atoms with E-state index >= 15 is 0 Å². The minimum absolute atomic E-state index is 0.173. The first-order valence-corrected chi connectivity index (χ1v) is 8.60. The Morgan fingerprint density at radius 2 is 1.85 bits per heavy atom. The summed E-state index contributed by atoms with van der Waals surface area (Å²) >= 11 is 12.9. The molecule has 2 rings (SSSR count). The molecular formula is C19H20Cl2N2O3. The van der Waals surface area contributed by atoms with Gasteiger partial charge in [-0.25, -0.2) is 0 Å². The lowest BCUT2D eigenvalue weighted by molar-refractivity contribution is -0.115. The molecule has 1 aliphatic carbocycles. The zero-order chi connectivity index (χ0) is 19.7. The number of nitrogens with zero attached hydrogens (tertiary/aromatic N) is 1. The summed E-state index contributed by atoms with van der Waals surface area (Å²) < 4.78 is 11.3. The maximum absolute atomic E-state index is 11.7. The van der Waals surface area contributed by atoms with Crippen molar-refractivity contribution >= 4 is 29.1 Å². The summed E-state index contributed by atoms with van der Waals surface area (Å²) in [5.41, 5.74) is 5.01. The number of benzene rings is 1. The summed E-state index contributed by atoms with van der Waals surface area (Å²) in [5, 5.41) is 10.1. The van der Waals surface area contributed by atoms with Crippen LogP contribution < -0.4 is 5.73 Å². The molecule has 0 saturated heterocycles. The Balaban J connectivity index is 2.69. The standard InChI is InChI=1S/C19H20Cl2N2O3/c1-18(2,10-22)16-13(20)7-12(8-14(16)21)19(26-4)9-11(17(23)24)5-6-15(19)25-3/h5-8H,9H2,1-4H3,(H2,23,24). The summed E-state index contributed by atoms with van der Waals surface area (Å²) in [6.45, 7) is 3.47. The number of methoxy groups -OCH3 is 2. The smallest absolute Gasteiger partial charge is 0.244 e. The van der Waals surface area contributed by atoms with Crippen LogP contribution in [0.3, 0.4) is 0 Å². The van der Waals surface area contributed by atoms with Gasteiger partial charge in [0.1, 0.15) is 5.76 Å². The molecule has 1 aromatic rings. The van der Waals surface area contributed by atoms with E-state index in [1.807, 2.05) is 0 Å². The lowest BCUT2D eigenvalue weighted by Crippen LogP contribution is -2.36. The van der Waals surface area contributed by atoms with E-state index in [1.165, 1.54) is 14.2 Å². The van der Waals surface area contributed by atoms with E-state index in [1.54, 1.807) is 38.1 Å². The quantitative estimate of drug-likeness (QED) is 0.817. The third kappa shape index (κ3) is 3.33. The maximum atomic E-state index is 11.7. The SMILES string of the molecule is COC1=CC=C(C(N)=O)CC1(OC)c1cc(Cl)c(C(C)(C)C#N)c(Cl)c1. The fraction of sp³-hybridized carbons (Fsp3) is 0.368. The molecular weight excluding hydrogens is 375 g/mol. The summed E-state index contributed by atoms with van der Waals surface area (Å²) in [6.07, 6.45) is 3.42. The number of nitriles is 1. The Kier molecular flexibility index (Phi) is 5.72. The highest BCUT2D eigenvalue weighted by Gasteiger charge is 2.42. The number of hydrogen-bond donors (Lipinski definition) is 1. The van der Waals surface area contributed by atoms with Gasteiger partial charge in [0, 0.05) is 34.7 Å². The molecule has 2 N–H and O–H groups in total. The fourth-order valence-corrected chi connectivity index (χ4v) is 4.08. The average Bonchev–Trinajstić information content (AvgIpc) is 2.59. The first-order chi connectivity index (χ1) is 12.1. The first kappa shape index (κ1) is 20.3. The van der Waals surface area contributed by atoms with Crippen LogP contribution in [0.15, 0.2) is 35.6 Å². The molecule has 0 fully saturated rings. The highest BCUT2D eigenvalue weighted by atomic mass is 35.5. The van der Waals surface area contributed by atoms with E-state index in [2.05, 4.69) is 6.07 Å². The third-order valence-electron chi connectivity index (χ3n) is 4.57. The van der Waals surface area contributed by atoms with E-state index in [0.717, 1.165) is 0 Å². The normalized spacial score (nSPS) is 20.0. The van der Waals surface area contributed by atoms with Crippen molar-refractivity contribution in [3.05, 3.63) is 56.8 Å². The number of ether oxygens (including phenoxy) is 2. The van der Waals surface area contributed by atoms with Gasteiger partial charge < -0.3 is 15.2 Å². The van der Waals surface area contributed by atoms with Gasteiger partial charge in [-0.05, 0) is 43.7 Å². The fourth-order valence-electron chi connectivity index (χ4n) is 3.12. The second-order valence-corrected chi connectivity index (χ2v) is 7.37. The van der Waals surface area contributed by atoms with Gasteiger partial charge in [0.2, 0.25) is 5.91 Å². The first-order valence-electron chi connectivity index (χ1n) is 7.84. The van der Waals surface area contributed by atoms with Crippen molar-refractivity contribution in [1.29, 1.82) is 5.26 Å². The molecule has 7 heteroatoms. The number of amides is 1. The average molecular weight is 395 g/mol. The number of halogens is 2. The van der Waals surface area contributed by atoms with Crippen LogP contribution in [0.25, 0.3) is 0 Å². The number of carbonyl (C=O) groups excluding carboxylic acids is 1. The van der Waals surface area contributed by atoms with Gasteiger partial charge in [-0.1, -0.05) is 23.2 Å². The Hall–Kier alpha value is -2.00. The van der Waals surface area contributed by atoms with Crippen molar-refractivity contribution in [1.82, 2.24) is 0 Å². The van der Waals surface area contributed by atoms with Crippen LogP contribution in [0.2, 0.25) is 10.0 Å². The lowest BCUT2D eigenvalue weighted by atomic mass is 9.79. The van der Waals surface area contributed by atoms with Crippen molar-refractivity contribution in [3.8, 4) is 6.07 Å². The van der Waals surface area contributed by atoms with Gasteiger partial charge in [-0.3, -0.25) is 4.79 Å². The van der Waals surface area contributed by atoms with E-state index in [4.69, 9.17) is 38.4 Å². The number of allylic oxidation sites excluding steroid dienone is 2. The number of nitrogens with two attached hydrogens (primary N) is 1. The second kappa shape index (κ2) is 7.32. The van der Waals surface area contributed by atoms with E-state index in [0.29, 0.717) is 32.5 Å². The zero-order valence-electron chi connectivity index (χ0n) is 15.0. The van der Waals surface area contributed by atoms with Crippen LogP contribution in [0, 0.1) is 11.3 Å². The Morgan fingerprint density at radius 1 is 1.27 bits per heavy atom. The molecule has 1 unspecified atom stereocenters. The predicted molar refractivity (Wildman–Crippen MR) is 101 cm³/mol. The Labute approximate surface area is 163 Å². The van der Waals surface area contributed by atoms with Crippen LogP contribution in [0.5, 0.6) is 0 Å². The Bertz CT molecular complexity index is 830. The van der Waals surface area contributed by atoms with Crippen molar-refractivity contribution in [2.24, 2.45) is 5.73 Å². The summed E-state index contributed by atoms with van der Waals surface area (Å²) in [5.74, 6) is -0.0540. The molecule has 26 heavy (non-hydrogen) atoms. The molecule has 0 radical (unpaired) electrons. The Morgan fingerprint density at radius 3 is 2.27 bits per heavy atom. The lowest BCUT2D eigenvalue weighted by Gasteiger charge is -2.37. The number of primary amides is 1. The van der Waals surface area contributed by atoms with Gasteiger partial charge in [0.25, 0.3) is 0 Å². The van der Waals surface area contributed by atoms with Crippen LogP contribution >= 0.6 is 23.2 Å². The molecule has 0 bridgehead atoms. The van der Waals surface area contributed by atoms with Gasteiger partial charge in [0.05, 0.1) is 18.6 Å². The van der Waals surface area contributed by atoms with E-state index in [-0.39, 0.29) is 6.42 Å². The minimum Gasteiger partial charge on any atom is -0.498 e. The highest BCUT2D eigenvalue weighted by Crippen LogP contribution is 2.46. The maximum Gasteiger partial charge on any atom is 0.244 e. The molecule has 0 spiro atoms. The molecule has 1 atom stereocenters. The molecule has 0 heterocycles. The molecule has 5 nitrogen and oxygen atoms in total. The minimum atomic E-state index is -1.10. The van der Waals surface area contributed by atoms with Gasteiger partial charge >= 0.3 is 0 Å². The zero-order valence-corrected chi connectivity index (χ0v) is 16.5. The van der Waals surface area contributed by atoms with Gasteiger partial charge in [0.15, 0.2) is 5.60 Å². The van der Waals surface area contributed by atoms with Gasteiger partial charge in [-0.15, -0.1) is 0 Å². The molecule has 138 valence electrons. The predicted octanol–water partition coefficient (Wildman–Crippen LogP) is 3.98. The van der Waals surface area contributed by atoms with Crippen molar-refractivity contribution in [3.63, 3.8) is 0 Å². The van der Waals surface area contributed by atoms with Crippen molar-refractivity contribution < 1.29 is 14.3 Å². The molecule has 1 amide bonds. The second-order valence-electron chi connectivity index (χ2n) is 6.55. The van der Waals surface area contributed by atoms with E-state index < -0.39 is 16.9 Å². The molecule has 1 aromatic carbocycles. The summed E-state index contributed by atoms with van der Waals surface area (Å²) in [7, 11) is 3.02. The van der Waals surface area contributed by atoms with Crippen molar-refractivity contribution in [2.75, 3.05) is 14.2 Å². The monoisotopic (exact) mass is 394 g/mol.